The van der Waals surface area contributed by atoms with Crippen molar-refractivity contribution in [1.29, 1.82) is 0 Å². The Labute approximate surface area is 156 Å². The molecule has 6 heteroatoms. The monoisotopic (exact) mass is 363 g/mol. The van der Waals surface area contributed by atoms with Crippen LogP contribution in [0.1, 0.15) is 19.3 Å². The van der Waals surface area contributed by atoms with Gasteiger partial charge in [-0.2, -0.15) is 0 Å². The van der Waals surface area contributed by atoms with Gasteiger partial charge in [-0.3, -0.25) is 9.89 Å². The molecule has 2 heterocycles. The van der Waals surface area contributed by atoms with Gasteiger partial charge >= 0.3 is 0 Å². The molecule has 0 unspecified atom stereocenters. The van der Waals surface area contributed by atoms with Crippen LogP contribution in [-0.2, 0) is 0 Å². The number of guanidine groups is 1. The van der Waals surface area contributed by atoms with E-state index in [1.807, 2.05) is 19.2 Å². The Kier molecular flexibility index (Phi) is 6.82. The summed E-state index contributed by atoms with van der Waals surface area (Å²) in [6, 6.07) is 8.17. The fourth-order valence-corrected chi connectivity index (χ4v) is 3.85. The second-order valence-electron chi connectivity index (χ2n) is 6.83. The minimum atomic E-state index is 0.817. The molecule has 2 aliphatic heterocycles. The number of halogens is 1. The number of likely N-dealkylation sites (tertiary alicyclic amines) is 1. The zero-order valence-electron chi connectivity index (χ0n) is 15.3. The van der Waals surface area contributed by atoms with Gasteiger partial charge in [0, 0.05) is 63.6 Å². The van der Waals surface area contributed by atoms with Crippen molar-refractivity contribution < 1.29 is 0 Å². The average Bonchev–Trinajstić information content (AvgIpc) is 3.17. The van der Waals surface area contributed by atoms with E-state index in [0.717, 1.165) is 69.8 Å². The zero-order valence-corrected chi connectivity index (χ0v) is 16.0. The highest BCUT2D eigenvalue weighted by Crippen LogP contribution is 2.20. The number of aliphatic imine (C=N–C) groups is 1. The lowest BCUT2D eigenvalue weighted by atomic mass is 10.2. The predicted molar refractivity (Wildman–Crippen MR) is 107 cm³/mol. The van der Waals surface area contributed by atoms with E-state index in [2.05, 4.69) is 37.1 Å². The quantitative estimate of drug-likeness (QED) is 0.495. The van der Waals surface area contributed by atoms with Crippen LogP contribution >= 0.6 is 11.6 Å². The predicted octanol–water partition coefficient (Wildman–Crippen LogP) is 2.52. The van der Waals surface area contributed by atoms with Gasteiger partial charge in [0.05, 0.1) is 0 Å². The summed E-state index contributed by atoms with van der Waals surface area (Å²) in [4.78, 5) is 11.8. The van der Waals surface area contributed by atoms with Crippen molar-refractivity contribution in [2.75, 3.05) is 64.3 Å². The number of nitrogens with one attached hydrogen (secondary N) is 1. The van der Waals surface area contributed by atoms with E-state index in [1.54, 1.807) is 0 Å². The van der Waals surface area contributed by atoms with Crippen LogP contribution in [0.25, 0.3) is 0 Å². The average molecular weight is 364 g/mol. The van der Waals surface area contributed by atoms with Gasteiger partial charge in [0.25, 0.3) is 0 Å². The number of piperazine rings is 1. The molecule has 0 saturated carbocycles. The molecule has 138 valence electrons. The maximum atomic E-state index is 6.10. The van der Waals surface area contributed by atoms with Crippen LogP contribution in [0, 0.1) is 0 Å². The maximum Gasteiger partial charge on any atom is 0.193 e. The van der Waals surface area contributed by atoms with Gasteiger partial charge in [0.1, 0.15) is 0 Å². The molecule has 1 N–H and O–H groups in total. The summed E-state index contributed by atoms with van der Waals surface area (Å²) in [6.07, 6.45) is 3.74. The standard InChI is InChI=1S/C19H30ClN5/c1-21-19(25-10-2-3-11-25)22-8-5-9-23-12-14-24(15-13-23)18-7-4-6-17(20)16-18/h4,6-7,16H,2-3,5,8-15H2,1H3,(H,21,22). The molecular formula is C19H30ClN5. The van der Waals surface area contributed by atoms with Gasteiger partial charge in [-0.25, -0.2) is 0 Å². The lowest BCUT2D eigenvalue weighted by molar-refractivity contribution is 0.255. The Morgan fingerprint density at radius 3 is 2.56 bits per heavy atom. The molecule has 2 saturated heterocycles. The SMILES string of the molecule is CN=C(NCCCN1CCN(c2cccc(Cl)c2)CC1)N1CCCC1. The van der Waals surface area contributed by atoms with E-state index in [4.69, 9.17) is 11.6 Å². The lowest BCUT2D eigenvalue weighted by Crippen LogP contribution is -2.47. The number of anilines is 1. The van der Waals surface area contributed by atoms with Gasteiger partial charge in [-0.1, -0.05) is 17.7 Å². The number of hydrogen-bond acceptors (Lipinski definition) is 3. The molecule has 0 spiro atoms. The van der Waals surface area contributed by atoms with Crippen molar-refractivity contribution >= 4 is 23.2 Å². The zero-order chi connectivity index (χ0) is 17.5. The normalized spacial score (nSPS) is 19.5. The molecule has 1 aromatic carbocycles. The molecule has 0 aromatic heterocycles. The maximum absolute atomic E-state index is 6.10. The molecule has 2 aliphatic rings. The third-order valence-electron chi connectivity index (χ3n) is 5.10. The van der Waals surface area contributed by atoms with Gasteiger partial charge in [-0.05, 0) is 44.0 Å². The summed E-state index contributed by atoms with van der Waals surface area (Å²) in [7, 11) is 1.88. The Morgan fingerprint density at radius 2 is 1.88 bits per heavy atom. The molecular weight excluding hydrogens is 334 g/mol. The van der Waals surface area contributed by atoms with E-state index in [9.17, 15) is 0 Å². The lowest BCUT2D eigenvalue weighted by Gasteiger charge is -2.36. The summed E-state index contributed by atoms with van der Waals surface area (Å²) in [5.74, 6) is 1.07. The fraction of sp³-hybridized carbons (Fsp3) is 0.632. The Hall–Kier alpha value is -1.46. The summed E-state index contributed by atoms with van der Waals surface area (Å²) < 4.78 is 0. The number of nitrogens with zero attached hydrogens (tertiary/aromatic N) is 4. The highest BCUT2D eigenvalue weighted by molar-refractivity contribution is 6.30. The van der Waals surface area contributed by atoms with Crippen LogP contribution in [0.3, 0.4) is 0 Å². The third kappa shape index (κ3) is 5.25. The molecule has 5 nitrogen and oxygen atoms in total. The topological polar surface area (TPSA) is 34.1 Å². The first-order chi connectivity index (χ1) is 12.3. The van der Waals surface area contributed by atoms with Crippen molar-refractivity contribution in [1.82, 2.24) is 15.1 Å². The van der Waals surface area contributed by atoms with Crippen LogP contribution in [0.5, 0.6) is 0 Å². The van der Waals surface area contributed by atoms with E-state index < -0.39 is 0 Å². The highest BCUT2D eigenvalue weighted by atomic mass is 35.5. The van der Waals surface area contributed by atoms with Crippen molar-refractivity contribution in [3.8, 4) is 0 Å². The molecule has 0 aliphatic carbocycles. The first kappa shape index (κ1) is 18.3. The van der Waals surface area contributed by atoms with E-state index in [0.29, 0.717) is 0 Å². The second-order valence-corrected chi connectivity index (χ2v) is 7.27. The summed E-state index contributed by atoms with van der Waals surface area (Å²) >= 11 is 6.10. The van der Waals surface area contributed by atoms with Gasteiger partial charge in [0.15, 0.2) is 5.96 Å². The van der Waals surface area contributed by atoms with E-state index >= 15 is 0 Å². The molecule has 1 aromatic rings. The van der Waals surface area contributed by atoms with Crippen molar-refractivity contribution in [2.45, 2.75) is 19.3 Å². The van der Waals surface area contributed by atoms with Gasteiger partial charge in [-0.15, -0.1) is 0 Å². The van der Waals surface area contributed by atoms with Crippen LogP contribution in [0.4, 0.5) is 5.69 Å². The van der Waals surface area contributed by atoms with Crippen LogP contribution in [0.15, 0.2) is 29.3 Å². The second kappa shape index (κ2) is 9.30. The molecule has 0 amide bonds. The molecule has 3 rings (SSSR count). The van der Waals surface area contributed by atoms with Crippen LogP contribution in [0.2, 0.25) is 5.02 Å². The summed E-state index contributed by atoms with van der Waals surface area (Å²) in [5.41, 5.74) is 1.24. The third-order valence-corrected chi connectivity index (χ3v) is 5.33. The molecule has 0 radical (unpaired) electrons. The van der Waals surface area contributed by atoms with E-state index in [1.165, 1.54) is 18.5 Å². The highest BCUT2D eigenvalue weighted by Gasteiger charge is 2.18. The van der Waals surface area contributed by atoms with Crippen LogP contribution < -0.4 is 10.2 Å². The smallest absolute Gasteiger partial charge is 0.193 e. The number of hydrogen-bond donors (Lipinski definition) is 1. The first-order valence-electron chi connectivity index (χ1n) is 9.45. The molecule has 0 atom stereocenters. The minimum Gasteiger partial charge on any atom is -0.369 e. The van der Waals surface area contributed by atoms with Gasteiger partial charge < -0.3 is 15.1 Å². The first-order valence-corrected chi connectivity index (χ1v) is 9.82. The Balaban J connectivity index is 1.34. The fourth-order valence-electron chi connectivity index (χ4n) is 3.67. The van der Waals surface area contributed by atoms with Crippen molar-refractivity contribution in [2.24, 2.45) is 4.99 Å². The van der Waals surface area contributed by atoms with Crippen molar-refractivity contribution in [3.05, 3.63) is 29.3 Å². The summed E-state index contributed by atoms with van der Waals surface area (Å²) in [5, 5.41) is 4.33. The van der Waals surface area contributed by atoms with Gasteiger partial charge in [0.2, 0.25) is 0 Å². The number of rotatable bonds is 5. The molecule has 0 bridgehead atoms. The molecule has 25 heavy (non-hydrogen) atoms. The minimum absolute atomic E-state index is 0.817. The van der Waals surface area contributed by atoms with Crippen LogP contribution in [-0.4, -0.2) is 75.2 Å². The Morgan fingerprint density at radius 1 is 1.12 bits per heavy atom. The summed E-state index contributed by atoms with van der Waals surface area (Å²) in [6.45, 7) is 8.81. The van der Waals surface area contributed by atoms with E-state index in [-0.39, 0.29) is 0 Å². The van der Waals surface area contributed by atoms with Crippen molar-refractivity contribution in [3.63, 3.8) is 0 Å². The molecule has 2 fully saturated rings. The Bertz CT molecular complexity index is 563. The number of benzene rings is 1. The largest absolute Gasteiger partial charge is 0.369 e.